The van der Waals surface area contributed by atoms with Crippen molar-refractivity contribution in [3.05, 3.63) is 35.4 Å². The fourth-order valence-electron chi connectivity index (χ4n) is 2.19. The molecule has 4 heteroatoms. The average Bonchev–Trinajstić information content (AvgIpc) is 2.69. The van der Waals surface area contributed by atoms with Crippen LogP contribution in [-0.2, 0) is 20.4 Å². The lowest BCUT2D eigenvalue weighted by molar-refractivity contribution is -0.117. The zero-order valence-corrected chi connectivity index (χ0v) is 10.7. The molecule has 0 spiro atoms. The number of ketones is 1. The molecular weight excluding hydrogens is 236 g/mol. The van der Waals surface area contributed by atoms with Crippen LogP contribution in [0.15, 0.2) is 24.3 Å². The molecule has 0 saturated heterocycles. The average molecular weight is 252 g/mol. The summed E-state index contributed by atoms with van der Waals surface area (Å²) >= 11 is 0. The fraction of sp³-hybridized carbons (Fsp3) is 0.462. The highest BCUT2D eigenvalue weighted by molar-refractivity contribution is 7.91. The van der Waals surface area contributed by atoms with Gasteiger partial charge in [-0.05, 0) is 24.5 Å². The molecule has 0 amide bonds. The molecule has 2 rings (SSSR count). The Balaban J connectivity index is 2.18. The van der Waals surface area contributed by atoms with Gasteiger partial charge in [0, 0.05) is 12.8 Å². The Hall–Kier alpha value is -1.16. The summed E-state index contributed by atoms with van der Waals surface area (Å²) in [5.74, 6) is 0.126. The van der Waals surface area contributed by atoms with Crippen molar-refractivity contribution in [1.29, 1.82) is 0 Å². The molecule has 1 aromatic carbocycles. The van der Waals surface area contributed by atoms with Gasteiger partial charge in [-0.15, -0.1) is 0 Å². The molecule has 0 aromatic heterocycles. The molecule has 1 aliphatic carbocycles. The highest BCUT2D eigenvalue weighted by atomic mass is 32.2. The van der Waals surface area contributed by atoms with E-state index in [1.807, 2.05) is 31.2 Å². The highest BCUT2D eigenvalue weighted by Crippen LogP contribution is 2.25. The highest BCUT2D eigenvalue weighted by Gasteiger charge is 2.33. The number of carbonyl (C=O) groups is 1. The third kappa shape index (κ3) is 2.75. The first-order valence-electron chi connectivity index (χ1n) is 5.77. The Morgan fingerprint density at radius 3 is 2.59 bits per heavy atom. The number of sulfone groups is 1. The van der Waals surface area contributed by atoms with E-state index in [2.05, 4.69) is 0 Å². The Morgan fingerprint density at radius 2 is 2.00 bits per heavy atom. The molecule has 1 aromatic rings. The molecule has 92 valence electrons. The monoisotopic (exact) mass is 252 g/mol. The maximum Gasteiger partial charge on any atom is 0.157 e. The van der Waals surface area contributed by atoms with Crippen LogP contribution in [0.5, 0.6) is 0 Å². The maximum atomic E-state index is 12.1. The van der Waals surface area contributed by atoms with E-state index in [-0.39, 0.29) is 18.0 Å². The first-order valence-corrected chi connectivity index (χ1v) is 7.48. The summed E-state index contributed by atoms with van der Waals surface area (Å²) in [4.78, 5) is 11.2. The van der Waals surface area contributed by atoms with E-state index in [4.69, 9.17) is 0 Å². The largest absolute Gasteiger partial charge is 0.300 e. The normalized spacial score (nSPS) is 20.8. The molecule has 1 fully saturated rings. The van der Waals surface area contributed by atoms with Gasteiger partial charge in [-0.1, -0.05) is 24.3 Å². The predicted molar refractivity (Wildman–Crippen MR) is 66.4 cm³/mol. The topological polar surface area (TPSA) is 51.2 Å². The minimum atomic E-state index is -3.19. The number of hydrogen-bond acceptors (Lipinski definition) is 3. The summed E-state index contributed by atoms with van der Waals surface area (Å²) in [6.45, 7) is 1.91. The molecule has 17 heavy (non-hydrogen) atoms. The summed E-state index contributed by atoms with van der Waals surface area (Å²) < 4.78 is 24.3. The molecule has 1 atom stereocenters. The Morgan fingerprint density at radius 1 is 1.29 bits per heavy atom. The van der Waals surface area contributed by atoms with Crippen LogP contribution < -0.4 is 0 Å². The van der Waals surface area contributed by atoms with E-state index in [9.17, 15) is 13.2 Å². The third-order valence-corrected chi connectivity index (χ3v) is 5.46. The lowest BCUT2D eigenvalue weighted by Crippen LogP contribution is -2.20. The lowest BCUT2D eigenvalue weighted by Gasteiger charge is -2.11. The lowest BCUT2D eigenvalue weighted by atomic mass is 10.1. The zero-order chi connectivity index (χ0) is 12.5. The van der Waals surface area contributed by atoms with Gasteiger partial charge in [0.25, 0.3) is 0 Å². The number of aryl methyl sites for hydroxylation is 1. The number of hydrogen-bond donors (Lipinski definition) is 0. The second-order valence-electron chi connectivity index (χ2n) is 4.64. The van der Waals surface area contributed by atoms with Crippen LogP contribution in [0.2, 0.25) is 0 Å². The molecule has 1 aliphatic rings. The summed E-state index contributed by atoms with van der Waals surface area (Å²) in [6.07, 6.45) is 1.11. The van der Waals surface area contributed by atoms with E-state index < -0.39 is 15.1 Å². The van der Waals surface area contributed by atoms with Crippen LogP contribution in [0, 0.1) is 6.92 Å². The van der Waals surface area contributed by atoms with Gasteiger partial charge in [-0.25, -0.2) is 8.42 Å². The second kappa shape index (κ2) is 4.61. The van der Waals surface area contributed by atoms with Crippen molar-refractivity contribution in [3.63, 3.8) is 0 Å². The number of Topliss-reactive ketones (excluding diaryl/α,β-unsaturated/α-hetero) is 1. The Kier molecular flexibility index (Phi) is 3.33. The van der Waals surface area contributed by atoms with Crippen molar-refractivity contribution < 1.29 is 13.2 Å². The van der Waals surface area contributed by atoms with E-state index in [1.165, 1.54) is 0 Å². The van der Waals surface area contributed by atoms with E-state index >= 15 is 0 Å². The molecule has 0 aliphatic heterocycles. The quantitative estimate of drug-likeness (QED) is 0.827. The standard InChI is InChI=1S/C13H16O3S/c1-10-4-2-3-5-11(10)9-17(15,16)13-7-6-12(14)8-13/h2-5,13H,6-9H2,1H3. The predicted octanol–water partition coefficient (Wildman–Crippen LogP) is 2.03. The van der Waals surface area contributed by atoms with Crippen molar-refractivity contribution in [3.8, 4) is 0 Å². The summed E-state index contributed by atoms with van der Waals surface area (Å²) in [7, 11) is -3.19. The molecular formula is C13H16O3S. The Bertz CT molecular complexity index is 531. The fourth-order valence-corrected chi connectivity index (χ4v) is 4.10. The molecule has 0 heterocycles. The smallest absolute Gasteiger partial charge is 0.157 e. The van der Waals surface area contributed by atoms with Gasteiger partial charge in [-0.3, -0.25) is 4.79 Å². The van der Waals surface area contributed by atoms with Gasteiger partial charge < -0.3 is 0 Å². The third-order valence-electron chi connectivity index (χ3n) is 3.33. The van der Waals surface area contributed by atoms with Crippen LogP contribution in [0.4, 0.5) is 0 Å². The van der Waals surface area contributed by atoms with E-state index in [1.54, 1.807) is 0 Å². The second-order valence-corrected chi connectivity index (χ2v) is 6.92. The van der Waals surface area contributed by atoms with Gasteiger partial charge in [0.05, 0.1) is 11.0 Å². The van der Waals surface area contributed by atoms with Gasteiger partial charge in [-0.2, -0.15) is 0 Å². The first-order chi connectivity index (χ1) is 7.99. The van der Waals surface area contributed by atoms with E-state index in [0.717, 1.165) is 11.1 Å². The van der Waals surface area contributed by atoms with Gasteiger partial charge in [0.1, 0.15) is 5.78 Å². The van der Waals surface area contributed by atoms with Gasteiger partial charge in [0.2, 0.25) is 0 Å². The number of carbonyl (C=O) groups excluding carboxylic acids is 1. The van der Waals surface area contributed by atoms with Crippen molar-refractivity contribution in [2.45, 2.75) is 37.2 Å². The Labute approximate surface area is 102 Å². The molecule has 1 saturated carbocycles. The number of rotatable bonds is 3. The SMILES string of the molecule is Cc1ccccc1CS(=O)(=O)C1CCC(=O)C1. The summed E-state index contributed by atoms with van der Waals surface area (Å²) in [6, 6.07) is 7.48. The molecule has 1 unspecified atom stereocenters. The van der Waals surface area contributed by atoms with Crippen LogP contribution >= 0.6 is 0 Å². The molecule has 0 N–H and O–H groups in total. The molecule has 0 bridgehead atoms. The van der Waals surface area contributed by atoms with Crippen LogP contribution in [-0.4, -0.2) is 19.5 Å². The maximum absolute atomic E-state index is 12.1. The molecule has 0 radical (unpaired) electrons. The zero-order valence-electron chi connectivity index (χ0n) is 9.85. The first kappa shape index (κ1) is 12.3. The summed E-state index contributed by atoms with van der Waals surface area (Å²) in [5.41, 5.74) is 1.83. The number of benzene rings is 1. The van der Waals surface area contributed by atoms with Gasteiger partial charge >= 0.3 is 0 Å². The van der Waals surface area contributed by atoms with Crippen molar-refractivity contribution in [2.24, 2.45) is 0 Å². The van der Waals surface area contributed by atoms with Gasteiger partial charge in [0.15, 0.2) is 9.84 Å². The van der Waals surface area contributed by atoms with Crippen molar-refractivity contribution in [1.82, 2.24) is 0 Å². The summed E-state index contributed by atoms with van der Waals surface area (Å²) in [5, 5.41) is -0.463. The minimum absolute atomic E-state index is 0.0532. The van der Waals surface area contributed by atoms with Crippen molar-refractivity contribution >= 4 is 15.6 Å². The van der Waals surface area contributed by atoms with E-state index in [0.29, 0.717) is 12.8 Å². The van der Waals surface area contributed by atoms with Crippen LogP contribution in [0.25, 0.3) is 0 Å². The van der Waals surface area contributed by atoms with Crippen LogP contribution in [0.1, 0.15) is 30.4 Å². The van der Waals surface area contributed by atoms with Crippen LogP contribution in [0.3, 0.4) is 0 Å². The molecule has 3 nitrogen and oxygen atoms in total. The van der Waals surface area contributed by atoms with Crippen molar-refractivity contribution in [2.75, 3.05) is 0 Å². The minimum Gasteiger partial charge on any atom is -0.300 e.